The average molecular weight is 566 g/mol. The molecule has 0 heterocycles. The summed E-state index contributed by atoms with van der Waals surface area (Å²) in [6.45, 7) is 9.07. The zero-order valence-corrected chi connectivity index (χ0v) is 24.8. The van der Waals surface area contributed by atoms with E-state index in [0.29, 0.717) is 11.4 Å². The standard InChI is InChI=1S/C31H39N3O5S/c1-22(2)26-14-16-27(17-15-26)34(40(37,38)29-10-8-7-9-11-29)21-30(35)33(24(5)31(36)32-23(3)4)20-25-12-18-28(39-6)19-13-25/h7-19,22-24H,20-21H2,1-6H3,(H,32,36)/t24-/m0/s1. The topological polar surface area (TPSA) is 96.0 Å². The maximum absolute atomic E-state index is 14.0. The van der Waals surface area contributed by atoms with Gasteiger partial charge in [0.05, 0.1) is 17.7 Å². The number of hydrogen-bond acceptors (Lipinski definition) is 5. The Labute approximate surface area is 238 Å². The van der Waals surface area contributed by atoms with Gasteiger partial charge in [-0.25, -0.2) is 8.42 Å². The summed E-state index contributed by atoms with van der Waals surface area (Å²) < 4.78 is 34.1. The molecule has 0 fully saturated rings. The Morgan fingerprint density at radius 3 is 1.98 bits per heavy atom. The van der Waals surface area contributed by atoms with Gasteiger partial charge in [-0.1, -0.05) is 56.3 Å². The molecule has 9 heteroatoms. The van der Waals surface area contributed by atoms with Gasteiger partial charge in [-0.3, -0.25) is 13.9 Å². The molecule has 3 rings (SSSR count). The van der Waals surface area contributed by atoms with E-state index in [0.717, 1.165) is 15.4 Å². The summed E-state index contributed by atoms with van der Waals surface area (Å²) in [4.78, 5) is 28.4. The van der Waals surface area contributed by atoms with Crippen molar-refractivity contribution in [2.24, 2.45) is 0 Å². The van der Waals surface area contributed by atoms with E-state index < -0.39 is 28.5 Å². The van der Waals surface area contributed by atoms with Gasteiger partial charge in [0.2, 0.25) is 11.8 Å². The van der Waals surface area contributed by atoms with Gasteiger partial charge in [-0.05, 0) is 74.2 Å². The number of hydrogen-bond donors (Lipinski definition) is 1. The van der Waals surface area contributed by atoms with Gasteiger partial charge < -0.3 is 15.0 Å². The summed E-state index contributed by atoms with van der Waals surface area (Å²) in [5.41, 5.74) is 2.19. The van der Waals surface area contributed by atoms with Crippen LogP contribution >= 0.6 is 0 Å². The van der Waals surface area contributed by atoms with Crippen molar-refractivity contribution in [3.63, 3.8) is 0 Å². The number of carbonyl (C=O) groups is 2. The molecule has 2 amide bonds. The van der Waals surface area contributed by atoms with E-state index in [1.807, 2.05) is 38.1 Å². The van der Waals surface area contributed by atoms with E-state index in [9.17, 15) is 18.0 Å². The van der Waals surface area contributed by atoms with Crippen molar-refractivity contribution in [3.05, 3.63) is 90.0 Å². The van der Waals surface area contributed by atoms with Crippen LogP contribution in [0.2, 0.25) is 0 Å². The number of benzene rings is 3. The van der Waals surface area contributed by atoms with E-state index in [1.54, 1.807) is 56.5 Å². The van der Waals surface area contributed by atoms with Gasteiger partial charge in [0, 0.05) is 12.6 Å². The van der Waals surface area contributed by atoms with Crippen LogP contribution in [0.25, 0.3) is 0 Å². The van der Waals surface area contributed by atoms with Gasteiger partial charge in [-0.15, -0.1) is 0 Å². The number of ether oxygens (including phenoxy) is 1. The SMILES string of the molecule is COc1ccc(CN(C(=O)CN(c2ccc(C(C)C)cc2)S(=O)(=O)c2ccccc2)[C@@H](C)C(=O)NC(C)C)cc1. The molecule has 0 saturated carbocycles. The highest BCUT2D eigenvalue weighted by molar-refractivity contribution is 7.92. The molecule has 0 aliphatic heterocycles. The molecule has 0 spiro atoms. The molecule has 0 aromatic heterocycles. The normalized spacial score (nSPS) is 12.2. The minimum absolute atomic E-state index is 0.0723. The third-order valence-corrected chi connectivity index (χ3v) is 8.36. The minimum Gasteiger partial charge on any atom is -0.497 e. The first kappa shape index (κ1) is 30.7. The number of carbonyl (C=O) groups excluding carboxylic acids is 2. The van der Waals surface area contributed by atoms with Crippen molar-refractivity contribution in [1.29, 1.82) is 0 Å². The molecular formula is C31H39N3O5S. The van der Waals surface area contributed by atoms with Gasteiger partial charge in [0.1, 0.15) is 18.3 Å². The van der Waals surface area contributed by atoms with Crippen LogP contribution in [0.1, 0.15) is 51.7 Å². The van der Waals surface area contributed by atoms with Crippen molar-refractivity contribution in [3.8, 4) is 5.75 Å². The number of nitrogens with one attached hydrogen (secondary N) is 1. The zero-order chi connectivity index (χ0) is 29.4. The molecule has 1 N–H and O–H groups in total. The van der Waals surface area contributed by atoms with E-state index in [1.165, 1.54) is 17.0 Å². The first-order chi connectivity index (χ1) is 18.9. The van der Waals surface area contributed by atoms with E-state index in [-0.39, 0.29) is 29.3 Å². The van der Waals surface area contributed by atoms with Crippen LogP contribution in [0, 0.1) is 0 Å². The van der Waals surface area contributed by atoms with Crippen molar-refractivity contribution < 1.29 is 22.7 Å². The quantitative estimate of drug-likeness (QED) is 0.335. The number of anilines is 1. The molecule has 3 aromatic rings. The summed E-state index contributed by atoms with van der Waals surface area (Å²) >= 11 is 0. The lowest BCUT2D eigenvalue weighted by molar-refractivity contribution is -0.139. The highest BCUT2D eigenvalue weighted by Gasteiger charge is 2.32. The highest BCUT2D eigenvalue weighted by Crippen LogP contribution is 2.26. The van der Waals surface area contributed by atoms with E-state index in [2.05, 4.69) is 19.2 Å². The molecule has 0 radical (unpaired) electrons. The summed E-state index contributed by atoms with van der Waals surface area (Å²) in [5.74, 6) is 0.0950. The fraction of sp³-hybridized carbons (Fsp3) is 0.355. The summed E-state index contributed by atoms with van der Waals surface area (Å²) in [7, 11) is -2.53. The summed E-state index contributed by atoms with van der Waals surface area (Å²) in [6, 6.07) is 21.4. The molecule has 0 unspecified atom stereocenters. The Morgan fingerprint density at radius 2 is 1.45 bits per heavy atom. The van der Waals surface area contributed by atoms with Crippen molar-refractivity contribution >= 4 is 27.5 Å². The summed E-state index contributed by atoms with van der Waals surface area (Å²) in [5, 5.41) is 2.86. The molecule has 40 heavy (non-hydrogen) atoms. The Balaban J connectivity index is 2.02. The zero-order valence-electron chi connectivity index (χ0n) is 24.0. The monoisotopic (exact) mass is 565 g/mol. The molecular weight excluding hydrogens is 526 g/mol. The number of methoxy groups -OCH3 is 1. The van der Waals surface area contributed by atoms with Crippen LogP contribution in [0.15, 0.2) is 83.8 Å². The number of amides is 2. The van der Waals surface area contributed by atoms with Crippen LogP contribution in [0.4, 0.5) is 5.69 Å². The Bertz CT molecular complexity index is 1370. The second-order valence-electron chi connectivity index (χ2n) is 10.3. The van der Waals surface area contributed by atoms with Gasteiger partial charge in [-0.2, -0.15) is 0 Å². The largest absolute Gasteiger partial charge is 0.497 e. The Hall–Kier alpha value is -3.85. The van der Waals surface area contributed by atoms with Crippen LogP contribution in [-0.4, -0.2) is 50.9 Å². The molecule has 0 aliphatic rings. The van der Waals surface area contributed by atoms with Crippen LogP contribution in [0.3, 0.4) is 0 Å². The lowest BCUT2D eigenvalue weighted by Crippen LogP contribution is -2.52. The molecule has 214 valence electrons. The Morgan fingerprint density at radius 1 is 0.850 bits per heavy atom. The fourth-order valence-corrected chi connectivity index (χ4v) is 5.62. The molecule has 3 aromatic carbocycles. The third kappa shape index (κ3) is 7.63. The summed E-state index contributed by atoms with van der Waals surface area (Å²) in [6.07, 6.45) is 0. The first-order valence-corrected chi connectivity index (χ1v) is 14.8. The first-order valence-electron chi connectivity index (χ1n) is 13.3. The molecule has 0 aliphatic carbocycles. The minimum atomic E-state index is -4.09. The second-order valence-corrected chi connectivity index (χ2v) is 12.1. The maximum atomic E-state index is 14.0. The number of nitrogens with zero attached hydrogens (tertiary/aromatic N) is 2. The lowest BCUT2D eigenvalue weighted by Gasteiger charge is -2.32. The maximum Gasteiger partial charge on any atom is 0.264 e. The smallest absolute Gasteiger partial charge is 0.264 e. The van der Waals surface area contributed by atoms with Gasteiger partial charge in [0.15, 0.2) is 0 Å². The molecule has 0 bridgehead atoms. The van der Waals surface area contributed by atoms with Gasteiger partial charge >= 0.3 is 0 Å². The molecule has 0 saturated heterocycles. The Kier molecular flexibility index (Phi) is 10.3. The lowest BCUT2D eigenvalue weighted by atomic mass is 10.0. The van der Waals surface area contributed by atoms with Crippen LogP contribution in [0.5, 0.6) is 5.75 Å². The van der Waals surface area contributed by atoms with Crippen LogP contribution in [-0.2, 0) is 26.2 Å². The molecule has 1 atom stereocenters. The number of rotatable bonds is 12. The van der Waals surface area contributed by atoms with Crippen molar-refractivity contribution in [1.82, 2.24) is 10.2 Å². The predicted molar refractivity (Wildman–Crippen MR) is 158 cm³/mol. The van der Waals surface area contributed by atoms with E-state index in [4.69, 9.17) is 4.74 Å². The van der Waals surface area contributed by atoms with Gasteiger partial charge in [0.25, 0.3) is 10.0 Å². The van der Waals surface area contributed by atoms with Crippen LogP contribution < -0.4 is 14.4 Å². The highest BCUT2D eigenvalue weighted by atomic mass is 32.2. The predicted octanol–water partition coefficient (Wildman–Crippen LogP) is 4.96. The van der Waals surface area contributed by atoms with Crippen molar-refractivity contribution in [2.75, 3.05) is 18.0 Å². The average Bonchev–Trinajstić information content (AvgIpc) is 2.94. The fourth-order valence-electron chi connectivity index (χ4n) is 4.19. The van der Waals surface area contributed by atoms with E-state index >= 15 is 0 Å². The number of sulfonamides is 1. The van der Waals surface area contributed by atoms with Crippen molar-refractivity contribution in [2.45, 2.75) is 64.1 Å². The molecule has 8 nitrogen and oxygen atoms in total. The second kappa shape index (κ2) is 13.5. The third-order valence-electron chi connectivity index (χ3n) is 6.57.